The second kappa shape index (κ2) is 28.9. The molecule has 0 heterocycles. The van der Waals surface area contributed by atoms with E-state index in [1.54, 1.807) is 0 Å². The molecule has 0 aliphatic rings. The highest BCUT2D eigenvalue weighted by Gasteiger charge is 2.20. The smallest absolute Gasteiger partial charge is 0.242 e. The van der Waals surface area contributed by atoms with E-state index in [9.17, 15) is 19.2 Å². The molecule has 10 nitrogen and oxygen atoms in total. The molecule has 0 saturated carbocycles. The summed E-state index contributed by atoms with van der Waals surface area (Å²) in [5.41, 5.74) is 13.1. The van der Waals surface area contributed by atoms with Crippen molar-refractivity contribution in [3.63, 3.8) is 0 Å². The van der Waals surface area contributed by atoms with Crippen LogP contribution in [0.5, 0.6) is 0 Å². The van der Waals surface area contributed by atoms with E-state index in [4.69, 9.17) is 5.73 Å². The summed E-state index contributed by atoms with van der Waals surface area (Å²) in [5, 5.41) is 8.73. The molecule has 0 aromatic carbocycles. The predicted molar refractivity (Wildman–Crippen MR) is 169 cm³/mol. The number of nitrogens with one attached hydrogen (secondary N) is 3. The summed E-state index contributed by atoms with van der Waals surface area (Å²) in [5.74, 6) is -0.754. The van der Waals surface area contributed by atoms with Gasteiger partial charge in [0.05, 0.1) is 13.1 Å². The van der Waals surface area contributed by atoms with Gasteiger partial charge in [-0.2, -0.15) is 0 Å². The molecule has 2 unspecified atom stereocenters. The topological polar surface area (TPSA) is 186 Å². The Labute approximate surface area is 255 Å². The van der Waals surface area contributed by atoms with Gasteiger partial charge in [-0.1, -0.05) is 77.6 Å². The van der Waals surface area contributed by atoms with Gasteiger partial charge in [0.2, 0.25) is 23.6 Å². The second-order valence-electron chi connectivity index (χ2n) is 11.7. The van der Waals surface area contributed by atoms with Crippen LogP contribution in [0, 0.1) is 0 Å². The van der Waals surface area contributed by atoms with Crippen molar-refractivity contribution in [3.05, 3.63) is 0 Å². The molecule has 0 radical (unpaired) electrons. The van der Waals surface area contributed by atoms with Crippen LogP contribution in [0.2, 0.25) is 0 Å². The minimum Gasteiger partial charge on any atom is -0.368 e. The van der Waals surface area contributed by atoms with Gasteiger partial charge in [-0.25, -0.2) is 0 Å². The highest BCUT2D eigenvalue weighted by Crippen LogP contribution is 2.11. The third-order valence-corrected chi connectivity index (χ3v) is 7.70. The molecule has 42 heavy (non-hydrogen) atoms. The van der Waals surface area contributed by atoms with Crippen LogP contribution >= 0.6 is 0 Å². The van der Waals surface area contributed by atoms with Crippen molar-refractivity contribution in [3.8, 4) is 0 Å². The quantitative estimate of drug-likeness (QED) is 0.0695. The van der Waals surface area contributed by atoms with Crippen molar-refractivity contribution >= 4 is 23.6 Å². The fraction of sp³-hybridized carbons (Fsp3) is 0.875. The van der Waals surface area contributed by atoms with Crippen molar-refractivity contribution in [2.75, 3.05) is 19.6 Å². The highest BCUT2D eigenvalue weighted by molar-refractivity contribution is 5.87. The van der Waals surface area contributed by atoms with Crippen LogP contribution in [-0.4, -0.2) is 55.3 Å². The third-order valence-electron chi connectivity index (χ3n) is 7.70. The Bertz CT molecular complexity index is 706. The van der Waals surface area contributed by atoms with Gasteiger partial charge < -0.3 is 33.2 Å². The van der Waals surface area contributed by atoms with E-state index in [1.165, 1.54) is 44.9 Å². The average Bonchev–Trinajstić information content (AvgIpc) is 2.96. The number of carbonyl (C=O) groups is 4. The van der Waals surface area contributed by atoms with Crippen LogP contribution in [0.1, 0.15) is 148 Å². The maximum absolute atomic E-state index is 12.8. The van der Waals surface area contributed by atoms with Crippen molar-refractivity contribution in [2.45, 2.75) is 160 Å². The molecule has 0 rings (SSSR count). The van der Waals surface area contributed by atoms with E-state index in [2.05, 4.69) is 34.3 Å². The van der Waals surface area contributed by atoms with Gasteiger partial charge in [-0.3, -0.25) is 19.2 Å². The molecule has 10 heteroatoms. The lowest BCUT2D eigenvalue weighted by Gasteiger charge is -2.18. The summed E-state index contributed by atoms with van der Waals surface area (Å²) in [7, 11) is 0. The van der Waals surface area contributed by atoms with Gasteiger partial charge >= 0.3 is 0 Å². The standard InChI is InChI=1S/C32H64N6O4/c1-2-3-4-5-6-7-8-10-13-23-30(40)38-28(21-16-18-25-34)32(42)36-26-19-12-9-11-14-22-29(39)37-27(31(35)41)20-15-17-24-33/h27-28H,2-26,33-34H2,1H3,(H2,35,41)(H,36,42)(H,37,39)(H,38,40)/p+2. The van der Waals surface area contributed by atoms with E-state index >= 15 is 0 Å². The van der Waals surface area contributed by atoms with Gasteiger partial charge in [0.25, 0.3) is 0 Å². The molecular formula is C32H66N6O4+2. The molecule has 0 spiro atoms. The molecule has 0 aliphatic heterocycles. The number of amides is 4. The first-order chi connectivity index (χ1) is 20.3. The zero-order valence-corrected chi connectivity index (χ0v) is 27.0. The summed E-state index contributed by atoms with van der Waals surface area (Å²) in [4.78, 5) is 49.0. The van der Waals surface area contributed by atoms with Crippen LogP contribution in [0.3, 0.4) is 0 Å². The van der Waals surface area contributed by atoms with Gasteiger partial charge in [0, 0.05) is 19.4 Å². The van der Waals surface area contributed by atoms with E-state index in [0.717, 1.165) is 83.7 Å². The van der Waals surface area contributed by atoms with Gasteiger partial charge in [0.1, 0.15) is 12.1 Å². The van der Waals surface area contributed by atoms with Gasteiger partial charge in [-0.15, -0.1) is 0 Å². The van der Waals surface area contributed by atoms with Crippen molar-refractivity contribution in [1.82, 2.24) is 16.0 Å². The predicted octanol–water partition coefficient (Wildman–Crippen LogP) is 2.64. The fourth-order valence-electron chi connectivity index (χ4n) is 5.01. The lowest BCUT2D eigenvalue weighted by molar-refractivity contribution is -0.368. The SMILES string of the molecule is CCCCCCCCCCCC(=O)NC(CCCC[NH3+])C(=O)NCCCCCCCC(=O)NC(CCCC[NH3+])C(N)=O. The second-order valence-corrected chi connectivity index (χ2v) is 11.7. The lowest BCUT2D eigenvalue weighted by atomic mass is 10.1. The lowest BCUT2D eigenvalue weighted by Crippen LogP contribution is -2.50. The highest BCUT2D eigenvalue weighted by atomic mass is 16.2. The minimum absolute atomic E-state index is 0.0304. The summed E-state index contributed by atoms with van der Waals surface area (Å²) < 4.78 is 0. The zero-order valence-electron chi connectivity index (χ0n) is 27.0. The number of hydrogen-bond acceptors (Lipinski definition) is 4. The number of quaternary nitrogens is 2. The average molecular weight is 599 g/mol. The normalized spacial score (nSPS) is 12.5. The summed E-state index contributed by atoms with van der Waals surface area (Å²) >= 11 is 0. The molecule has 0 aromatic rings. The number of nitrogens with two attached hydrogens (primary N) is 1. The minimum atomic E-state index is -0.602. The molecule has 0 saturated heterocycles. The van der Waals surface area contributed by atoms with Gasteiger partial charge in [-0.05, 0) is 57.8 Å². The molecule has 0 aromatic heterocycles. The first-order valence-corrected chi connectivity index (χ1v) is 17.1. The first kappa shape index (κ1) is 39.8. The molecular weight excluding hydrogens is 532 g/mol. The van der Waals surface area contributed by atoms with Crippen LogP contribution < -0.4 is 33.2 Å². The molecule has 4 amide bonds. The number of rotatable bonds is 30. The Morgan fingerprint density at radius 2 is 1.00 bits per heavy atom. The molecule has 11 N–H and O–H groups in total. The number of hydrogen-bond donors (Lipinski definition) is 6. The Hall–Kier alpha value is -2.20. The summed E-state index contributed by atoms with van der Waals surface area (Å²) in [6.07, 6.45) is 20.9. The monoisotopic (exact) mass is 599 g/mol. The summed E-state index contributed by atoms with van der Waals surface area (Å²) in [6, 6.07) is -1.08. The molecule has 246 valence electrons. The van der Waals surface area contributed by atoms with E-state index in [0.29, 0.717) is 32.2 Å². The first-order valence-electron chi connectivity index (χ1n) is 17.1. The van der Waals surface area contributed by atoms with Crippen LogP contribution in [-0.2, 0) is 19.2 Å². The van der Waals surface area contributed by atoms with E-state index in [1.807, 2.05) is 0 Å². The largest absolute Gasteiger partial charge is 0.368 e. The Morgan fingerprint density at radius 1 is 0.571 bits per heavy atom. The zero-order chi connectivity index (χ0) is 31.3. The Morgan fingerprint density at radius 3 is 1.48 bits per heavy atom. The Kier molecular flexibility index (Phi) is 27.4. The number of carbonyl (C=O) groups excluding carboxylic acids is 4. The molecule has 2 atom stereocenters. The Balaban J connectivity index is 4.12. The van der Waals surface area contributed by atoms with Gasteiger partial charge in [0.15, 0.2) is 0 Å². The van der Waals surface area contributed by atoms with Crippen LogP contribution in [0.4, 0.5) is 0 Å². The molecule has 0 bridgehead atoms. The summed E-state index contributed by atoms with van der Waals surface area (Å²) in [6.45, 7) is 4.43. The maximum atomic E-state index is 12.8. The fourth-order valence-corrected chi connectivity index (χ4v) is 5.01. The maximum Gasteiger partial charge on any atom is 0.242 e. The number of primary amides is 1. The third kappa shape index (κ3) is 24.4. The van der Waals surface area contributed by atoms with Crippen molar-refractivity contribution < 1.29 is 30.6 Å². The van der Waals surface area contributed by atoms with E-state index < -0.39 is 18.0 Å². The van der Waals surface area contributed by atoms with Crippen molar-refractivity contribution in [2.24, 2.45) is 5.73 Å². The molecule has 0 aliphatic carbocycles. The number of unbranched alkanes of at least 4 members (excludes halogenated alkanes) is 14. The van der Waals surface area contributed by atoms with Crippen molar-refractivity contribution in [1.29, 1.82) is 0 Å². The van der Waals surface area contributed by atoms with Crippen LogP contribution in [0.15, 0.2) is 0 Å². The van der Waals surface area contributed by atoms with E-state index in [-0.39, 0.29) is 17.7 Å². The van der Waals surface area contributed by atoms with Crippen LogP contribution in [0.25, 0.3) is 0 Å². The molecule has 0 fully saturated rings.